The zero-order valence-electron chi connectivity index (χ0n) is 11.5. The molecule has 0 bridgehead atoms. The van der Waals surface area contributed by atoms with Crippen molar-refractivity contribution in [2.24, 2.45) is 5.92 Å². The first-order valence-corrected chi connectivity index (χ1v) is 6.75. The molecular formula is C13H18N2O3S. The summed E-state index contributed by atoms with van der Waals surface area (Å²) in [5, 5.41) is 2.84. The normalized spacial score (nSPS) is 12.4. The number of methoxy groups -OCH3 is 1. The highest BCUT2D eigenvalue weighted by molar-refractivity contribution is 7.09. The molecule has 0 N–H and O–H groups in total. The predicted molar refractivity (Wildman–Crippen MR) is 74.7 cm³/mol. The van der Waals surface area contributed by atoms with Crippen molar-refractivity contribution in [2.75, 3.05) is 20.7 Å². The van der Waals surface area contributed by atoms with Gasteiger partial charge in [0.2, 0.25) is 5.91 Å². The molecule has 1 rings (SSSR count). The number of nitrogens with zero attached hydrogens (tertiary/aromatic N) is 2. The van der Waals surface area contributed by atoms with Crippen molar-refractivity contribution in [1.82, 2.24) is 9.88 Å². The summed E-state index contributed by atoms with van der Waals surface area (Å²) in [6.07, 6.45) is 3.13. The minimum absolute atomic E-state index is 0.165. The molecule has 19 heavy (non-hydrogen) atoms. The summed E-state index contributed by atoms with van der Waals surface area (Å²) in [6, 6.07) is 0. The SMILES string of the molecule is COC(=O)C(C)CN(C)C(=O)C=Cc1csc(C)n1. The molecule has 1 atom stereocenters. The smallest absolute Gasteiger partial charge is 0.310 e. The van der Waals surface area contributed by atoms with Crippen molar-refractivity contribution in [3.63, 3.8) is 0 Å². The van der Waals surface area contributed by atoms with Crippen molar-refractivity contribution < 1.29 is 14.3 Å². The molecule has 5 nitrogen and oxygen atoms in total. The van der Waals surface area contributed by atoms with Crippen LogP contribution in [0.1, 0.15) is 17.6 Å². The van der Waals surface area contributed by atoms with Crippen LogP contribution in [0.3, 0.4) is 0 Å². The van der Waals surface area contributed by atoms with Crippen molar-refractivity contribution in [3.8, 4) is 0 Å². The number of esters is 1. The Morgan fingerprint density at radius 2 is 2.26 bits per heavy atom. The fourth-order valence-electron chi connectivity index (χ4n) is 1.52. The summed E-state index contributed by atoms with van der Waals surface area (Å²) >= 11 is 1.53. The van der Waals surface area contributed by atoms with Crippen molar-refractivity contribution in [3.05, 3.63) is 22.2 Å². The highest BCUT2D eigenvalue weighted by Gasteiger charge is 2.17. The zero-order chi connectivity index (χ0) is 14.4. The van der Waals surface area contributed by atoms with E-state index in [0.29, 0.717) is 6.54 Å². The van der Waals surface area contributed by atoms with Gasteiger partial charge >= 0.3 is 5.97 Å². The number of aryl methyl sites for hydroxylation is 1. The highest BCUT2D eigenvalue weighted by atomic mass is 32.1. The Hall–Kier alpha value is -1.69. The number of likely N-dealkylation sites (N-methyl/N-ethyl adjacent to an activating group) is 1. The Bertz CT molecular complexity index is 482. The third-order valence-electron chi connectivity index (χ3n) is 2.56. The topological polar surface area (TPSA) is 59.5 Å². The highest BCUT2D eigenvalue weighted by Crippen LogP contribution is 2.09. The van der Waals surface area contributed by atoms with Gasteiger partial charge in [-0.3, -0.25) is 9.59 Å². The van der Waals surface area contributed by atoms with Gasteiger partial charge in [-0.15, -0.1) is 11.3 Å². The number of aromatic nitrogens is 1. The first-order valence-electron chi connectivity index (χ1n) is 5.87. The number of carbonyl (C=O) groups is 2. The molecule has 1 aromatic heterocycles. The third-order valence-corrected chi connectivity index (χ3v) is 3.35. The van der Waals surface area contributed by atoms with Crippen molar-refractivity contribution in [2.45, 2.75) is 13.8 Å². The van der Waals surface area contributed by atoms with Crippen LogP contribution in [0.4, 0.5) is 0 Å². The molecular weight excluding hydrogens is 264 g/mol. The van der Waals surface area contributed by atoms with E-state index < -0.39 is 0 Å². The molecule has 0 aliphatic rings. The predicted octanol–water partition coefficient (Wildman–Crippen LogP) is 1.73. The number of carbonyl (C=O) groups excluding carboxylic acids is 2. The summed E-state index contributed by atoms with van der Waals surface area (Å²) in [7, 11) is 2.99. The van der Waals surface area contributed by atoms with E-state index >= 15 is 0 Å². The maximum Gasteiger partial charge on any atom is 0.310 e. The summed E-state index contributed by atoms with van der Waals surface area (Å²) in [4.78, 5) is 28.8. The molecule has 0 radical (unpaired) electrons. The lowest BCUT2D eigenvalue weighted by atomic mass is 10.2. The maximum absolute atomic E-state index is 11.8. The second-order valence-electron chi connectivity index (χ2n) is 4.27. The van der Waals surface area contributed by atoms with Gasteiger partial charge in [0.25, 0.3) is 0 Å². The van der Waals surface area contributed by atoms with Crippen LogP contribution < -0.4 is 0 Å². The van der Waals surface area contributed by atoms with E-state index in [1.54, 1.807) is 20.0 Å². The summed E-state index contributed by atoms with van der Waals surface area (Å²) in [5.74, 6) is -0.825. The van der Waals surface area contributed by atoms with Crippen LogP contribution in [0.15, 0.2) is 11.5 Å². The summed E-state index contributed by atoms with van der Waals surface area (Å²) in [6.45, 7) is 3.96. The molecule has 0 aliphatic heterocycles. The minimum Gasteiger partial charge on any atom is -0.469 e. The van der Waals surface area contributed by atoms with Gasteiger partial charge in [-0.2, -0.15) is 0 Å². The fourth-order valence-corrected chi connectivity index (χ4v) is 2.10. The first kappa shape index (κ1) is 15.4. The average molecular weight is 282 g/mol. The van der Waals surface area contributed by atoms with Crippen LogP contribution >= 0.6 is 11.3 Å². The lowest BCUT2D eigenvalue weighted by Gasteiger charge is -2.18. The van der Waals surface area contributed by atoms with Gasteiger partial charge < -0.3 is 9.64 Å². The number of rotatable bonds is 5. The van der Waals surface area contributed by atoms with E-state index in [1.807, 2.05) is 12.3 Å². The fraction of sp³-hybridized carbons (Fsp3) is 0.462. The zero-order valence-corrected chi connectivity index (χ0v) is 12.4. The van der Waals surface area contributed by atoms with E-state index in [1.165, 1.54) is 29.4 Å². The molecule has 1 heterocycles. The van der Waals surface area contributed by atoms with Crippen LogP contribution in [-0.4, -0.2) is 42.5 Å². The summed E-state index contributed by atoms with van der Waals surface area (Å²) in [5.41, 5.74) is 0.769. The Morgan fingerprint density at radius 1 is 1.58 bits per heavy atom. The van der Waals surface area contributed by atoms with Crippen molar-refractivity contribution >= 4 is 29.3 Å². The van der Waals surface area contributed by atoms with Crippen LogP contribution in [0, 0.1) is 12.8 Å². The van der Waals surface area contributed by atoms with Crippen LogP contribution in [0.25, 0.3) is 6.08 Å². The maximum atomic E-state index is 11.8. The molecule has 104 valence electrons. The van der Waals surface area contributed by atoms with Gasteiger partial charge in [0.1, 0.15) is 0 Å². The second-order valence-corrected chi connectivity index (χ2v) is 5.33. The lowest BCUT2D eigenvalue weighted by Crippen LogP contribution is -2.33. The van der Waals surface area contributed by atoms with Gasteiger partial charge in [0, 0.05) is 25.0 Å². The molecule has 0 fully saturated rings. The van der Waals surface area contributed by atoms with Crippen LogP contribution in [0.2, 0.25) is 0 Å². The molecule has 1 aromatic rings. The van der Waals surface area contributed by atoms with E-state index in [-0.39, 0.29) is 17.8 Å². The van der Waals surface area contributed by atoms with E-state index in [2.05, 4.69) is 9.72 Å². The van der Waals surface area contributed by atoms with E-state index in [4.69, 9.17) is 0 Å². The molecule has 0 spiro atoms. The van der Waals surface area contributed by atoms with Gasteiger partial charge in [0.15, 0.2) is 0 Å². The van der Waals surface area contributed by atoms with Gasteiger partial charge in [-0.1, -0.05) is 6.92 Å². The number of hydrogen-bond donors (Lipinski definition) is 0. The number of hydrogen-bond acceptors (Lipinski definition) is 5. The first-order chi connectivity index (χ1) is 8.93. The molecule has 0 aliphatic carbocycles. The number of amides is 1. The Labute approximate surface area is 116 Å². The quantitative estimate of drug-likeness (QED) is 0.609. The minimum atomic E-state index is -0.339. The van der Waals surface area contributed by atoms with Gasteiger partial charge in [0.05, 0.1) is 23.7 Å². The van der Waals surface area contributed by atoms with Crippen molar-refractivity contribution in [1.29, 1.82) is 0 Å². The number of ether oxygens (including phenoxy) is 1. The molecule has 1 unspecified atom stereocenters. The van der Waals surface area contributed by atoms with E-state index in [9.17, 15) is 9.59 Å². The van der Waals surface area contributed by atoms with Gasteiger partial charge in [-0.05, 0) is 13.0 Å². The summed E-state index contributed by atoms with van der Waals surface area (Å²) < 4.78 is 4.62. The standard InChI is InChI=1S/C13H18N2O3S/c1-9(13(17)18-4)7-15(3)12(16)6-5-11-8-19-10(2)14-11/h5-6,8-9H,7H2,1-4H3. The Balaban J connectivity index is 2.53. The third kappa shape index (κ3) is 4.82. The Kier molecular flexibility index (Phi) is 5.69. The number of thiazole rings is 1. The van der Waals surface area contributed by atoms with Crippen LogP contribution in [0.5, 0.6) is 0 Å². The largest absolute Gasteiger partial charge is 0.469 e. The average Bonchev–Trinajstić information content (AvgIpc) is 2.80. The molecule has 0 saturated heterocycles. The monoisotopic (exact) mass is 282 g/mol. The molecule has 1 amide bonds. The molecule has 0 aromatic carbocycles. The molecule has 0 saturated carbocycles. The van der Waals surface area contributed by atoms with E-state index in [0.717, 1.165) is 10.7 Å². The lowest BCUT2D eigenvalue weighted by molar-refractivity contribution is -0.145. The molecule has 6 heteroatoms. The Morgan fingerprint density at radius 3 is 2.79 bits per heavy atom. The van der Waals surface area contributed by atoms with Crippen LogP contribution in [-0.2, 0) is 14.3 Å². The second kappa shape index (κ2) is 7.04. The van der Waals surface area contributed by atoms with Gasteiger partial charge in [-0.25, -0.2) is 4.98 Å².